The lowest BCUT2D eigenvalue weighted by Gasteiger charge is -2.33. The number of nitrogens with one attached hydrogen (secondary N) is 1. The highest BCUT2D eigenvalue weighted by Gasteiger charge is 2.20. The van der Waals surface area contributed by atoms with Gasteiger partial charge in [-0.05, 0) is 35.7 Å². The molecule has 4 rings (SSSR count). The van der Waals surface area contributed by atoms with E-state index < -0.39 is 0 Å². The number of ether oxygens (including phenoxy) is 2. The molecular formula is C19H24N4O2. The number of morpholine rings is 1. The van der Waals surface area contributed by atoms with E-state index in [2.05, 4.69) is 38.6 Å². The molecule has 2 aliphatic rings. The maximum atomic E-state index is 5.87. The van der Waals surface area contributed by atoms with Gasteiger partial charge in [0, 0.05) is 38.8 Å². The molecule has 0 amide bonds. The number of anilines is 1. The molecule has 1 aromatic carbocycles. The van der Waals surface area contributed by atoms with Gasteiger partial charge in [-0.25, -0.2) is 0 Å². The van der Waals surface area contributed by atoms with Gasteiger partial charge in [0.15, 0.2) is 0 Å². The summed E-state index contributed by atoms with van der Waals surface area (Å²) in [6.07, 6.45) is 3.97. The molecular weight excluding hydrogens is 316 g/mol. The van der Waals surface area contributed by atoms with Crippen molar-refractivity contribution in [1.29, 1.82) is 0 Å². The van der Waals surface area contributed by atoms with Crippen molar-refractivity contribution in [2.75, 3.05) is 44.7 Å². The molecule has 3 heterocycles. The molecule has 6 nitrogen and oxygen atoms in total. The number of nitrogens with zero attached hydrogens (tertiary/aromatic N) is 3. The summed E-state index contributed by atoms with van der Waals surface area (Å²) >= 11 is 0. The van der Waals surface area contributed by atoms with Crippen LogP contribution in [0.1, 0.15) is 11.1 Å². The first-order chi connectivity index (χ1) is 12.4. The Morgan fingerprint density at radius 2 is 2.24 bits per heavy atom. The van der Waals surface area contributed by atoms with Crippen molar-refractivity contribution in [3.63, 3.8) is 0 Å². The van der Waals surface area contributed by atoms with Gasteiger partial charge in [-0.3, -0.25) is 4.90 Å². The Kier molecular flexibility index (Phi) is 5.09. The van der Waals surface area contributed by atoms with Crippen molar-refractivity contribution in [2.45, 2.75) is 18.9 Å². The Labute approximate surface area is 148 Å². The summed E-state index contributed by atoms with van der Waals surface area (Å²) < 4.78 is 11.5. The fourth-order valence-electron chi connectivity index (χ4n) is 3.40. The predicted octanol–water partition coefficient (Wildman–Crippen LogP) is 1.77. The highest BCUT2D eigenvalue weighted by Crippen LogP contribution is 2.26. The average Bonchev–Trinajstić information content (AvgIpc) is 3.14. The van der Waals surface area contributed by atoms with E-state index in [-0.39, 0.29) is 6.10 Å². The van der Waals surface area contributed by atoms with E-state index in [1.165, 1.54) is 11.1 Å². The van der Waals surface area contributed by atoms with Crippen molar-refractivity contribution in [3.05, 3.63) is 47.7 Å². The molecule has 0 aliphatic carbocycles. The average molecular weight is 340 g/mol. The van der Waals surface area contributed by atoms with Crippen LogP contribution in [0.2, 0.25) is 0 Å². The summed E-state index contributed by atoms with van der Waals surface area (Å²) in [4.78, 5) is 2.48. The minimum absolute atomic E-state index is 0.184. The van der Waals surface area contributed by atoms with E-state index in [9.17, 15) is 0 Å². The van der Waals surface area contributed by atoms with Gasteiger partial charge in [-0.1, -0.05) is 12.1 Å². The van der Waals surface area contributed by atoms with Crippen LogP contribution in [0.3, 0.4) is 0 Å². The van der Waals surface area contributed by atoms with Crippen LogP contribution in [0.5, 0.6) is 5.75 Å². The van der Waals surface area contributed by atoms with Crippen molar-refractivity contribution in [2.24, 2.45) is 0 Å². The normalized spacial score (nSPS) is 20.1. The number of rotatable bonds is 6. The van der Waals surface area contributed by atoms with E-state index in [0.717, 1.165) is 63.8 Å². The third kappa shape index (κ3) is 4.27. The topological polar surface area (TPSA) is 59.5 Å². The lowest BCUT2D eigenvalue weighted by atomic mass is 10.1. The smallest absolute Gasteiger partial charge is 0.148 e. The summed E-state index contributed by atoms with van der Waals surface area (Å²) in [5.74, 6) is 1.86. The van der Waals surface area contributed by atoms with Gasteiger partial charge < -0.3 is 14.8 Å². The maximum Gasteiger partial charge on any atom is 0.148 e. The molecule has 1 aromatic heterocycles. The van der Waals surface area contributed by atoms with Gasteiger partial charge in [0.05, 0.1) is 19.3 Å². The molecule has 25 heavy (non-hydrogen) atoms. The van der Waals surface area contributed by atoms with Gasteiger partial charge >= 0.3 is 0 Å². The quantitative estimate of drug-likeness (QED) is 0.865. The van der Waals surface area contributed by atoms with E-state index in [4.69, 9.17) is 9.47 Å². The second-order valence-electron chi connectivity index (χ2n) is 6.57. The van der Waals surface area contributed by atoms with E-state index in [0.29, 0.717) is 0 Å². The van der Waals surface area contributed by atoms with Crippen LogP contribution in [0.25, 0.3) is 0 Å². The van der Waals surface area contributed by atoms with Crippen LogP contribution in [0.15, 0.2) is 36.5 Å². The van der Waals surface area contributed by atoms with E-state index in [1.807, 2.05) is 12.1 Å². The monoisotopic (exact) mass is 340 g/mol. The molecule has 6 heteroatoms. The minimum Gasteiger partial charge on any atom is -0.493 e. The van der Waals surface area contributed by atoms with Crippen LogP contribution < -0.4 is 10.1 Å². The second-order valence-corrected chi connectivity index (χ2v) is 6.57. The highest BCUT2D eigenvalue weighted by atomic mass is 16.5. The first kappa shape index (κ1) is 16.3. The number of hydrogen-bond donors (Lipinski definition) is 1. The molecule has 2 aliphatic heterocycles. The second kappa shape index (κ2) is 7.80. The number of benzene rings is 1. The molecule has 0 spiro atoms. The number of fused-ring (bicyclic) bond motifs is 1. The molecule has 1 N–H and O–H groups in total. The van der Waals surface area contributed by atoms with Crippen molar-refractivity contribution >= 4 is 5.82 Å². The molecule has 1 unspecified atom stereocenters. The summed E-state index contributed by atoms with van der Waals surface area (Å²) in [6, 6.07) is 10.4. The van der Waals surface area contributed by atoms with Crippen LogP contribution >= 0.6 is 0 Å². The lowest BCUT2D eigenvalue weighted by Crippen LogP contribution is -2.46. The number of aromatic nitrogens is 2. The third-order valence-electron chi connectivity index (χ3n) is 4.78. The summed E-state index contributed by atoms with van der Waals surface area (Å²) in [7, 11) is 0. The molecule has 2 aromatic rings. The van der Waals surface area contributed by atoms with E-state index in [1.54, 1.807) is 6.20 Å². The highest BCUT2D eigenvalue weighted by molar-refractivity contribution is 5.39. The molecule has 1 saturated heterocycles. The Morgan fingerprint density at radius 3 is 3.16 bits per heavy atom. The van der Waals surface area contributed by atoms with Crippen LogP contribution in [-0.2, 0) is 17.6 Å². The Morgan fingerprint density at radius 1 is 1.24 bits per heavy atom. The molecule has 132 valence electrons. The fraction of sp³-hybridized carbons (Fsp3) is 0.474. The zero-order chi connectivity index (χ0) is 16.9. The summed E-state index contributed by atoms with van der Waals surface area (Å²) in [6.45, 7) is 5.36. The van der Waals surface area contributed by atoms with Gasteiger partial charge in [0.25, 0.3) is 0 Å². The van der Waals surface area contributed by atoms with Gasteiger partial charge in [-0.2, -0.15) is 5.10 Å². The molecule has 1 atom stereocenters. The Bertz CT molecular complexity index is 695. The summed E-state index contributed by atoms with van der Waals surface area (Å²) in [5.41, 5.74) is 2.75. The molecule has 0 saturated carbocycles. The maximum absolute atomic E-state index is 5.87. The van der Waals surface area contributed by atoms with Crippen molar-refractivity contribution in [3.8, 4) is 5.75 Å². The Balaban J connectivity index is 1.25. The first-order valence-electron chi connectivity index (χ1n) is 8.97. The van der Waals surface area contributed by atoms with Gasteiger partial charge in [0.1, 0.15) is 11.6 Å². The van der Waals surface area contributed by atoms with Crippen LogP contribution in [0.4, 0.5) is 5.82 Å². The predicted molar refractivity (Wildman–Crippen MR) is 96.0 cm³/mol. The largest absolute Gasteiger partial charge is 0.493 e. The zero-order valence-corrected chi connectivity index (χ0v) is 14.4. The molecule has 0 radical (unpaired) electrons. The standard InChI is InChI=1S/C19H24N4O2/c1-2-19(22-21-7-1)20-13-17-14-23(9-11-24-17)8-5-15-3-4-18-16(12-15)6-10-25-18/h1-4,7,12,17H,5-6,8-11,13-14H2,(H,20,22). The summed E-state index contributed by atoms with van der Waals surface area (Å²) in [5, 5.41) is 11.2. The van der Waals surface area contributed by atoms with Gasteiger partial charge in [0.2, 0.25) is 0 Å². The molecule has 1 fully saturated rings. The third-order valence-corrected chi connectivity index (χ3v) is 4.78. The Hall–Kier alpha value is -2.18. The van der Waals surface area contributed by atoms with Crippen LogP contribution in [0, 0.1) is 0 Å². The van der Waals surface area contributed by atoms with Gasteiger partial charge in [-0.15, -0.1) is 5.10 Å². The van der Waals surface area contributed by atoms with Crippen molar-refractivity contribution < 1.29 is 9.47 Å². The SMILES string of the molecule is c1cnnc(NCC2CN(CCc3ccc4c(c3)CCO4)CCO2)c1. The van der Waals surface area contributed by atoms with E-state index >= 15 is 0 Å². The van der Waals surface area contributed by atoms with Crippen LogP contribution in [-0.4, -0.2) is 60.6 Å². The first-order valence-corrected chi connectivity index (χ1v) is 8.97. The fourth-order valence-corrected chi connectivity index (χ4v) is 3.40. The molecule has 0 bridgehead atoms. The van der Waals surface area contributed by atoms with Crippen molar-refractivity contribution in [1.82, 2.24) is 15.1 Å². The lowest BCUT2D eigenvalue weighted by molar-refractivity contribution is -0.0206. The number of hydrogen-bond acceptors (Lipinski definition) is 6. The minimum atomic E-state index is 0.184. The zero-order valence-electron chi connectivity index (χ0n) is 14.4.